The molecule has 0 bridgehead atoms. The molecule has 1 aliphatic rings. The molecule has 0 radical (unpaired) electrons. The van der Waals surface area contributed by atoms with E-state index in [1.165, 1.54) is 4.90 Å². The molecule has 0 aromatic carbocycles. The van der Waals surface area contributed by atoms with Gasteiger partial charge in [-0.25, -0.2) is 9.59 Å². The van der Waals surface area contributed by atoms with E-state index in [-0.39, 0.29) is 11.4 Å². The lowest BCUT2D eigenvalue weighted by atomic mass is 9.76. The predicted molar refractivity (Wildman–Crippen MR) is 82.2 cm³/mol. The summed E-state index contributed by atoms with van der Waals surface area (Å²) in [4.78, 5) is 25.1. The highest BCUT2D eigenvalue weighted by molar-refractivity contribution is 7.98. The normalized spacial score (nSPS) is 21.6. The Morgan fingerprint density at radius 1 is 1.40 bits per heavy atom. The lowest BCUT2D eigenvalue weighted by Crippen LogP contribution is -2.58. The van der Waals surface area contributed by atoms with E-state index in [0.29, 0.717) is 13.1 Å². The van der Waals surface area contributed by atoms with Crippen molar-refractivity contribution in [1.29, 1.82) is 0 Å². The molecule has 1 fully saturated rings. The first-order valence-electron chi connectivity index (χ1n) is 7.16. The smallest absolute Gasteiger partial charge is 0.327 e. The van der Waals surface area contributed by atoms with Gasteiger partial charge in [-0.15, -0.1) is 0 Å². The van der Waals surface area contributed by atoms with Crippen molar-refractivity contribution < 1.29 is 14.7 Å². The molecule has 0 spiro atoms. The molecule has 0 saturated carbocycles. The maximum Gasteiger partial charge on any atom is 0.327 e. The number of piperidine rings is 1. The number of likely N-dealkylation sites (tertiary alicyclic amines) is 1. The van der Waals surface area contributed by atoms with Gasteiger partial charge in [0.1, 0.15) is 6.04 Å². The number of aliphatic carboxylic acids is 1. The zero-order valence-corrected chi connectivity index (χ0v) is 13.5. The number of amides is 2. The van der Waals surface area contributed by atoms with Crippen molar-refractivity contribution in [3.05, 3.63) is 0 Å². The van der Waals surface area contributed by atoms with Crippen molar-refractivity contribution in [2.45, 2.75) is 45.6 Å². The molecule has 20 heavy (non-hydrogen) atoms. The number of carbonyl (C=O) groups is 2. The van der Waals surface area contributed by atoms with Gasteiger partial charge >= 0.3 is 12.0 Å². The molecule has 6 heteroatoms. The Morgan fingerprint density at radius 3 is 2.70 bits per heavy atom. The molecule has 1 atom stereocenters. The van der Waals surface area contributed by atoms with Gasteiger partial charge in [0.25, 0.3) is 0 Å². The number of unbranched alkanes of at least 4 members (excludes halogenated alkanes) is 1. The zero-order valence-electron chi connectivity index (χ0n) is 12.6. The average molecular weight is 302 g/mol. The number of nitrogens with one attached hydrogen (secondary N) is 1. The van der Waals surface area contributed by atoms with E-state index >= 15 is 0 Å². The Labute approximate surface area is 125 Å². The summed E-state index contributed by atoms with van der Waals surface area (Å²) in [6, 6.07) is -0.975. The Balaban J connectivity index is 2.54. The van der Waals surface area contributed by atoms with Crippen molar-refractivity contribution in [1.82, 2.24) is 10.2 Å². The number of carboxylic acid groups (broad SMARTS) is 1. The second-order valence-corrected chi connectivity index (χ2v) is 6.94. The number of nitrogens with zero attached hydrogens (tertiary/aromatic N) is 1. The molecule has 0 aromatic rings. The number of rotatable bonds is 6. The van der Waals surface area contributed by atoms with E-state index in [9.17, 15) is 14.7 Å². The first kappa shape index (κ1) is 17.1. The number of thioether (sulfide) groups is 1. The van der Waals surface area contributed by atoms with Crippen LogP contribution in [0.2, 0.25) is 0 Å². The van der Waals surface area contributed by atoms with Gasteiger partial charge in [0.15, 0.2) is 0 Å². The minimum atomic E-state index is -0.910. The number of hydrogen-bond acceptors (Lipinski definition) is 3. The summed E-state index contributed by atoms with van der Waals surface area (Å²) >= 11 is 1.79. The molecule has 2 amide bonds. The summed E-state index contributed by atoms with van der Waals surface area (Å²) in [5.74, 6) is 0.178. The largest absolute Gasteiger partial charge is 0.480 e. The third-order valence-corrected chi connectivity index (χ3v) is 4.52. The molecule has 116 valence electrons. The molecule has 0 aliphatic carbocycles. The number of urea groups is 1. The van der Waals surface area contributed by atoms with Crippen molar-refractivity contribution in [3.8, 4) is 0 Å². The summed E-state index contributed by atoms with van der Waals surface area (Å²) in [5.41, 5.74) is -0.375. The fourth-order valence-corrected chi connectivity index (χ4v) is 3.24. The van der Waals surface area contributed by atoms with Crippen LogP contribution < -0.4 is 5.32 Å². The minimum absolute atomic E-state index is 0.241. The van der Waals surface area contributed by atoms with E-state index in [1.807, 2.05) is 13.8 Å². The first-order valence-corrected chi connectivity index (χ1v) is 8.56. The summed E-state index contributed by atoms with van der Waals surface area (Å²) in [5, 5.41) is 12.3. The maximum absolute atomic E-state index is 12.2. The molecular formula is C14H26N2O3S. The second-order valence-electron chi connectivity index (χ2n) is 5.96. The van der Waals surface area contributed by atoms with Crippen LogP contribution in [0.25, 0.3) is 0 Å². The van der Waals surface area contributed by atoms with E-state index in [0.717, 1.165) is 31.4 Å². The van der Waals surface area contributed by atoms with E-state index in [4.69, 9.17) is 0 Å². The van der Waals surface area contributed by atoms with Gasteiger partial charge in [-0.2, -0.15) is 11.8 Å². The number of carbonyl (C=O) groups excluding carboxylic acids is 1. The second kappa shape index (κ2) is 7.76. The van der Waals surface area contributed by atoms with Crippen molar-refractivity contribution >= 4 is 23.8 Å². The van der Waals surface area contributed by atoms with Crippen molar-refractivity contribution in [3.63, 3.8) is 0 Å². The Kier molecular flexibility index (Phi) is 6.65. The number of carboxylic acids is 1. The zero-order chi connectivity index (χ0) is 15.2. The van der Waals surface area contributed by atoms with Crippen LogP contribution in [0.5, 0.6) is 0 Å². The summed E-state index contributed by atoms with van der Waals surface area (Å²) in [6.45, 7) is 4.98. The molecule has 1 heterocycles. The fraction of sp³-hybridized carbons (Fsp3) is 0.857. The maximum atomic E-state index is 12.2. The fourth-order valence-electron chi connectivity index (χ4n) is 2.75. The molecular weight excluding hydrogens is 276 g/mol. The van der Waals surface area contributed by atoms with Crippen LogP contribution in [-0.4, -0.2) is 53.1 Å². The summed E-state index contributed by atoms with van der Waals surface area (Å²) in [7, 11) is 0. The first-order chi connectivity index (χ1) is 9.40. The highest BCUT2D eigenvalue weighted by atomic mass is 32.2. The van der Waals surface area contributed by atoms with E-state index < -0.39 is 12.0 Å². The molecule has 1 aliphatic heterocycles. The van der Waals surface area contributed by atoms with Gasteiger partial charge in [0, 0.05) is 13.1 Å². The third kappa shape index (κ3) is 4.58. The SMILES string of the molecule is CSCCCCNC(=O)N1CCCC(C)(C)C1C(=O)O. The summed E-state index contributed by atoms with van der Waals surface area (Å²) in [6.07, 6.45) is 5.75. The monoisotopic (exact) mass is 302 g/mol. The quantitative estimate of drug-likeness (QED) is 0.739. The summed E-state index contributed by atoms with van der Waals surface area (Å²) < 4.78 is 0. The molecule has 1 rings (SSSR count). The molecule has 5 nitrogen and oxygen atoms in total. The van der Waals surface area contributed by atoms with Gasteiger partial charge in [-0.3, -0.25) is 0 Å². The highest BCUT2D eigenvalue weighted by Crippen LogP contribution is 2.35. The average Bonchev–Trinajstić information content (AvgIpc) is 2.36. The van der Waals surface area contributed by atoms with Gasteiger partial charge < -0.3 is 15.3 Å². The van der Waals surface area contributed by atoms with Crippen LogP contribution in [0.4, 0.5) is 4.79 Å². The van der Waals surface area contributed by atoms with Crippen LogP contribution in [0.15, 0.2) is 0 Å². The van der Waals surface area contributed by atoms with Gasteiger partial charge in [-0.05, 0) is 43.1 Å². The standard InChI is InChI=1S/C14H26N2O3S/c1-14(2)7-6-9-16(11(14)12(17)18)13(19)15-8-4-5-10-20-3/h11H,4-10H2,1-3H3,(H,15,19)(H,17,18). The van der Waals surface area contributed by atoms with E-state index in [2.05, 4.69) is 11.6 Å². The Bertz CT molecular complexity index is 347. The Hall–Kier alpha value is -0.910. The van der Waals surface area contributed by atoms with Gasteiger partial charge in [0.05, 0.1) is 0 Å². The van der Waals surface area contributed by atoms with Crippen molar-refractivity contribution in [2.75, 3.05) is 25.1 Å². The number of hydrogen-bond donors (Lipinski definition) is 2. The van der Waals surface area contributed by atoms with Crippen LogP contribution in [0.3, 0.4) is 0 Å². The lowest BCUT2D eigenvalue weighted by Gasteiger charge is -2.43. The Morgan fingerprint density at radius 2 is 2.10 bits per heavy atom. The van der Waals surface area contributed by atoms with Gasteiger partial charge in [-0.1, -0.05) is 13.8 Å². The predicted octanol–water partition coefficient (Wildman–Crippen LogP) is 2.41. The van der Waals surface area contributed by atoms with Crippen molar-refractivity contribution in [2.24, 2.45) is 5.41 Å². The molecule has 2 N–H and O–H groups in total. The van der Waals surface area contributed by atoms with Crippen LogP contribution in [0.1, 0.15) is 39.5 Å². The third-order valence-electron chi connectivity index (χ3n) is 3.82. The van der Waals surface area contributed by atoms with Crippen LogP contribution >= 0.6 is 11.8 Å². The van der Waals surface area contributed by atoms with Crippen LogP contribution in [0, 0.1) is 5.41 Å². The molecule has 1 unspecified atom stereocenters. The topological polar surface area (TPSA) is 69.6 Å². The highest BCUT2D eigenvalue weighted by Gasteiger charge is 2.44. The molecule has 1 saturated heterocycles. The van der Waals surface area contributed by atoms with Gasteiger partial charge in [0.2, 0.25) is 0 Å². The lowest BCUT2D eigenvalue weighted by molar-refractivity contribution is -0.148. The van der Waals surface area contributed by atoms with Crippen LogP contribution in [-0.2, 0) is 4.79 Å². The minimum Gasteiger partial charge on any atom is -0.480 e. The van der Waals surface area contributed by atoms with E-state index in [1.54, 1.807) is 11.8 Å². The molecule has 0 aromatic heterocycles.